The second-order valence-corrected chi connectivity index (χ2v) is 16.7. The molecule has 0 bridgehead atoms. The number of hydrogen-bond donors (Lipinski definition) is 1. The van der Waals surface area contributed by atoms with Crippen LogP contribution in [0.4, 0.5) is 0 Å². The Labute approximate surface area is 257 Å². The van der Waals surface area contributed by atoms with Crippen LogP contribution < -0.4 is 4.74 Å². The number of carbonyl (C=O) groups excluding carboxylic acids is 2. The van der Waals surface area contributed by atoms with Gasteiger partial charge >= 0.3 is 5.97 Å². The summed E-state index contributed by atoms with van der Waals surface area (Å²) in [5, 5.41) is 10.2. The van der Waals surface area contributed by atoms with Crippen molar-refractivity contribution in [2.24, 2.45) is 50.2 Å². The van der Waals surface area contributed by atoms with E-state index in [-0.39, 0.29) is 51.0 Å². The first-order valence-electron chi connectivity index (χ1n) is 16.3. The van der Waals surface area contributed by atoms with E-state index in [4.69, 9.17) is 4.74 Å². The highest BCUT2D eigenvalue weighted by Gasteiger charge is 2.70. The number of ether oxygens (including phenoxy) is 1. The van der Waals surface area contributed by atoms with Gasteiger partial charge in [-0.25, -0.2) is 0 Å². The van der Waals surface area contributed by atoms with E-state index in [1.165, 1.54) is 5.57 Å². The van der Waals surface area contributed by atoms with Crippen molar-refractivity contribution in [3.05, 3.63) is 47.1 Å². The number of benzene rings is 1. The van der Waals surface area contributed by atoms with Crippen molar-refractivity contribution in [1.29, 1.82) is 0 Å². The van der Waals surface area contributed by atoms with E-state index in [2.05, 4.69) is 41.5 Å². The van der Waals surface area contributed by atoms with Crippen LogP contribution in [0.2, 0.25) is 0 Å². The van der Waals surface area contributed by atoms with Gasteiger partial charge in [0, 0.05) is 11.3 Å². The molecule has 4 saturated carbocycles. The average Bonchev–Trinajstić information content (AvgIpc) is 2.94. The minimum atomic E-state index is -0.761. The maximum Gasteiger partial charge on any atom is 0.309 e. The summed E-state index contributed by atoms with van der Waals surface area (Å²) in [6, 6.07) is 7.81. The van der Waals surface area contributed by atoms with Crippen molar-refractivity contribution in [2.45, 2.75) is 99.8 Å². The molecule has 232 valence electrons. The second kappa shape index (κ2) is 9.41. The third kappa shape index (κ3) is 4.05. The number of hydrogen-bond acceptors (Lipinski definition) is 4. The highest BCUT2D eigenvalue weighted by molar-refractivity contribution is 6.05. The van der Waals surface area contributed by atoms with E-state index in [1.54, 1.807) is 7.11 Å². The number of methoxy groups -OCH3 is 1. The van der Waals surface area contributed by atoms with Gasteiger partial charge < -0.3 is 9.84 Å². The van der Waals surface area contributed by atoms with E-state index in [1.807, 2.05) is 43.3 Å². The molecule has 1 aromatic rings. The molecule has 8 atom stereocenters. The molecule has 0 aromatic heterocycles. The Morgan fingerprint density at radius 2 is 1.58 bits per heavy atom. The van der Waals surface area contributed by atoms with E-state index < -0.39 is 16.8 Å². The molecule has 4 fully saturated rings. The molecule has 5 nitrogen and oxygen atoms in total. The Balaban J connectivity index is 1.45. The van der Waals surface area contributed by atoms with Gasteiger partial charge in [-0.1, -0.05) is 59.2 Å². The number of carboxylic acid groups (broad SMARTS) is 1. The lowest BCUT2D eigenvalue weighted by Crippen LogP contribution is -2.66. The van der Waals surface area contributed by atoms with Crippen molar-refractivity contribution >= 4 is 23.6 Å². The summed E-state index contributed by atoms with van der Waals surface area (Å²) < 4.78 is 5.34. The van der Waals surface area contributed by atoms with Crippen LogP contribution in [-0.4, -0.2) is 29.8 Å². The number of Topliss-reactive ketones (excluding diaryl/α,β-unsaturated/α-hetero) is 1. The van der Waals surface area contributed by atoms with Gasteiger partial charge in [-0.3, -0.25) is 14.4 Å². The Bertz CT molecular complexity index is 1450. The molecule has 43 heavy (non-hydrogen) atoms. The number of allylic oxidation sites excluding steroid dienone is 3. The van der Waals surface area contributed by atoms with Gasteiger partial charge in [0.05, 0.1) is 12.5 Å². The minimum Gasteiger partial charge on any atom is -0.497 e. The van der Waals surface area contributed by atoms with Crippen molar-refractivity contribution in [3.63, 3.8) is 0 Å². The van der Waals surface area contributed by atoms with Crippen molar-refractivity contribution < 1.29 is 24.2 Å². The van der Waals surface area contributed by atoms with Crippen LogP contribution >= 0.6 is 0 Å². The van der Waals surface area contributed by atoms with Crippen LogP contribution in [0.1, 0.15) is 105 Å². The van der Waals surface area contributed by atoms with Crippen LogP contribution in [0.15, 0.2) is 41.5 Å². The van der Waals surface area contributed by atoms with Crippen LogP contribution in [0, 0.1) is 50.2 Å². The first-order chi connectivity index (χ1) is 19.9. The molecule has 0 saturated heterocycles. The SMILES string of the molecule is COc1ccc(/C=C2\C[C@]3(C)[C@H]4C(=O)C=C5[C@@H]6C[C@@](C)(C(=O)O)CC[C@]6(C)CC[C@@]5(C)[C@]4(C)CC[C@H]3C(C)(C)C2=O)cc1. The fourth-order valence-electron chi connectivity index (χ4n) is 11.3. The Hall–Kier alpha value is -2.69. The number of aliphatic carboxylic acids is 1. The molecule has 5 aliphatic rings. The van der Waals surface area contributed by atoms with Crippen LogP contribution in [0.25, 0.3) is 6.08 Å². The fraction of sp³-hybridized carbons (Fsp3) is 0.658. The molecule has 0 aliphatic heterocycles. The third-order valence-electron chi connectivity index (χ3n) is 14.1. The Kier molecular flexibility index (Phi) is 6.64. The van der Waals surface area contributed by atoms with Gasteiger partial charge in [0.1, 0.15) is 5.75 Å². The normalized spacial score (nSPS) is 44.4. The second-order valence-electron chi connectivity index (χ2n) is 16.7. The standard InChI is InChI=1S/C38H50O5/c1-33(2)29-13-14-38(7)30(36(29,5)21-24(31(33)40)19-23-9-11-25(43-8)12-10-23)28(39)20-26-27-22-35(4,32(41)42)16-15-34(27,3)17-18-37(26,38)6/h9-12,19-20,27,29-30H,13-18,21-22H2,1-8H3,(H,41,42)/b24-19+/t27-,29-,30+,34+,35-,36-,37+,38+/m0/s1. The molecule has 5 aliphatic carbocycles. The zero-order chi connectivity index (χ0) is 31.4. The van der Waals surface area contributed by atoms with E-state index in [0.717, 1.165) is 49.0 Å². The number of carboxylic acids is 1. The first kappa shape index (κ1) is 30.3. The zero-order valence-corrected chi connectivity index (χ0v) is 27.4. The van der Waals surface area contributed by atoms with Crippen LogP contribution in [-0.2, 0) is 14.4 Å². The number of rotatable bonds is 3. The molecule has 0 amide bonds. The van der Waals surface area contributed by atoms with Gasteiger partial charge in [-0.15, -0.1) is 0 Å². The summed E-state index contributed by atoms with van der Waals surface area (Å²) in [6.45, 7) is 15.5. The smallest absolute Gasteiger partial charge is 0.309 e. The zero-order valence-electron chi connectivity index (χ0n) is 27.4. The van der Waals surface area contributed by atoms with Gasteiger partial charge in [-0.2, -0.15) is 0 Å². The summed E-state index contributed by atoms with van der Waals surface area (Å²) in [6.07, 6.45) is 10.7. The van der Waals surface area contributed by atoms with Crippen molar-refractivity contribution in [3.8, 4) is 5.75 Å². The third-order valence-corrected chi connectivity index (χ3v) is 14.1. The lowest BCUT2D eigenvalue weighted by Gasteiger charge is -2.70. The highest BCUT2D eigenvalue weighted by Crippen LogP contribution is 2.75. The molecule has 1 aromatic carbocycles. The largest absolute Gasteiger partial charge is 0.497 e. The van der Waals surface area contributed by atoms with E-state index in [9.17, 15) is 19.5 Å². The molecule has 0 spiro atoms. The van der Waals surface area contributed by atoms with Crippen molar-refractivity contribution in [1.82, 2.24) is 0 Å². The topological polar surface area (TPSA) is 80.7 Å². The summed E-state index contributed by atoms with van der Waals surface area (Å²) in [5.41, 5.74) is 0.872. The number of carbonyl (C=O) groups is 3. The molecular weight excluding hydrogens is 536 g/mol. The Morgan fingerprint density at radius 3 is 2.21 bits per heavy atom. The first-order valence-corrected chi connectivity index (χ1v) is 16.3. The number of fused-ring (bicyclic) bond motifs is 7. The monoisotopic (exact) mass is 586 g/mol. The predicted molar refractivity (Wildman–Crippen MR) is 168 cm³/mol. The predicted octanol–water partition coefficient (Wildman–Crippen LogP) is 8.32. The molecule has 5 heteroatoms. The average molecular weight is 587 g/mol. The summed E-state index contributed by atoms with van der Waals surface area (Å²) in [5.74, 6) is 0.473. The van der Waals surface area contributed by atoms with Crippen LogP contribution in [0.3, 0.4) is 0 Å². The lowest BCUT2D eigenvalue weighted by atomic mass is 9.33. The highest BCUT2D eigenvalue weighted by atomic mass is 16.5. The van der Waals surface area contributed by atoms with Crippen LogP contribution in [0.5, 0.6) is 5.75 Å². The Morgan fingerprint density at radius 1 is 0.930 bits per heavy atom. The van der Waals surface area contributed by atoms with E-state index >= 15 is 0 Å². The summed E-state index contributed by atoms with van der Waals surface area (Å²) in [7, 11) is 1.65. The fourth-order valence-corrected chi connectivity index (χ4v) is 11.3. The minimum absolute atomic E-state index is 0.0262. The molecule has 0 heterocycles. The van der Waals surface area contributed by atoms with Gasteiger partial charge in [0.2, 0.25) is 0 Å². The maximum atomic E-state index is 14.7. The molecule has 0 radical (unpaired) electrons. The summed E-state index contributed by atoms with van der Waals surface area (Å²) >= 11 is 0. The molecule has 0 unspecified atom stereocenters. The molecule has 1 N–H and O–H groups in total. The van der Waals surface area contributed by atoms with Gasteiger partial charge in [0.25, 0.3) is 0 Å². The summed E-state index contributed by atoms with van der Waals surface area (Å²) in [4.78, 5) is 41.1. The van der Waals surface area contributed by atoms with Gasteiger partial charge in [-0.05, 0) is 127 Å². The molecular formula is C38H50O5. The quantitative estimate of drug-likeness (QED) is 0.360. The van der Waals surface area contributed by atoms with Gasteiger partial charge in [0.15, 0.2) is 11.6 Å². The lowest BCUT2D eigenvalue weighted by molar-refractivity contribution is -0.183. The number of ketones is 2. The van der Waals surface area contributed by atoms with E-state index in [0.29, 0.717) is 19.3 Å². The molecule has 6 rings (SSSR count). The van der Waals surface area contributed by atoms with Crippen molar-refractivity contribution in [2.75, 3.05) is 7.11 Å². The maximum absolute atomic E-state index is 14.7.